The van der Waals surface area contributed by atoms with E-state index < -0.39 is 20.0 Å². The second kappa shape index (κ2) is 58.3. The van der Waals surface area contributed by atoms with Gasteiger partial charge in [-0.15, -0.1) is 0 Å². The van der Waals surface area contributed by atoms with Crippen LogP contribution in [0.3, 0.4) is 0 Å². The van der Waals surface area contributed by atoms with Gasteiger partial charge in [0.25, 0.3) is 7.82 Å². The van der Waals surface area contributed by atoms with Crippen LogP contribution in [0, 0.1) is 0 Å². The Kier molecular flexibility index (Phi) is 56.6. The molecule has 0 aromatic rings. The summed E-state index contributed by atoms with van der Waals surface area (Å²) in [5.74, 6) is -0.166. The summed E-state index contributed by atoms with van der Waals surface area (Å²) in [5.41, 5.74) is 0. The molecular weight excluding hydrogens is 972 g/mol. The highest BCUT2D eigenvalue weighted by Gasteiger charge is 2.24. The molecule has 0 saturated heterocycles. The number of amides is 1. The van der Waals surface area contributed by atoms with E-state index in [1.165, 1.54) is 180 Å². The predicted molar refractivity (Wildman–Crippen MR) is 334 cm³/mol. The van der Waals surface area contributed by atoms with Gasteiger partial charge in [-0.25, -0.2) is 0 Å². The molecule has 0 aromatic heterocycles. The van der Waals surface area contributed by atoms with Crippen molar-refractivity contribution in [1.29, 1.82) is 0 Å². The van der Waals surface area contributed by atoms with E-state index in [0.717, 1.165) is 83.5 Å². The molecule has 8 nitrogen and oxygen atoms in total. The quantitative estimate of drug-likeness (QED) is 0.0272. The number of quaternary nitrogens is 1. The number of allylic oxidation sites excluding steroid dienone is 14. The van der Waals surface area contributed by atoms with E-state index in [4.69, 9.17) is 9.05 Å². The van der Waals surface area contributed by atoms with Gasteiger partial charge >= 0.3 is 0 Å². The Bertz CT molecular complexity index is 1530. The lowest BCUT2D eigenvalue weighted by Crippen LogP contribution is -2.46. The van der Waals surface area contributed by atoms with Crippen LogP contribution in [0.25, 0.3) is 0 Å². The average Bonchev–Trinajstić information content (AvgIpc) is 3.39. The van der Waals surface area contributed by atoms with Crippen LogP contribution < -0.4 is 10.2 Å². The summed E-state index contributed by atoms with van der Waals surface area (Å²) in [7, 11) is 1.31. The first-order valence-electron chi connectivity index (χ1n) is 32.4. The molecule has 9 heteroatoms. The van der Waals surface area contributed by atoms with E-state index in [2.05, 4.69) is 104 Å². The number of phosphoric acid groups is 1. The smallest absolute Gasteiger partial charge is 0.268 e. The Labute approximate surface area is 477 Å². The summed E-state index contributed by atoms with van der Waals surface area (Å²) >= 11 is 0. The molecule has 0 aliphatic heterocycles. The zero-order valence-corrected chi connectivity index (χ0v) is 52.0. The first kappa shape index (κ1) is 74.7. The van der Waals surface area contributed by atoms with Crippen LogP contribution in [0.4, 0.5) is 0 Å². The molecule has 2 N–H and O–H groups in total. The van der Waals surface area contributed by atoms with Gasteiger partial charge in [0, 0.05) is 6.42 Å². The first-order valence-corrected chi connectivity index (χ1v) is 33.9. The van der Waals surface area contributed by atoms with Gasteiger partial charge in [-0.2, -0.15) is 0 Å². The number of hydrogen-bond acceptors (Lipinski definition) is 6. The van der Waals surface area contributed by atoms with E-state index >= 15 is 0 Å². The van der Waals surface area contributed by atoms with Crippen molar-refractivity contribution in [2.45, 2.75) is 302 Å². The standard InChI is InChI=1S/C68H125N2O6P/c1-6-8-10-12-14-16-18-20-22-24-26-28-29-30-31-32-33-34-35-36-37-38-39-40-41-42-44-46-48-50-52-54-56-58-60-62-68(72)69-66(65-76-77(73,74)75-64-63-70(3,4)5)67(71)61-59-57-55-53-51-49-47-45-43-27-25-23-21-19-17-15-13-11-9-7-2/h8,10,14,16,20,22,26,28,30-31,33-34,36-37,66-67,71H,6-7,9,11-13,15,17-19,21,23-25,27,29,32,35,38-65H2,1-5H3,(H-,69,72,73,74)/b10-8-,16-14-,22-20-,28-26-,31-30-,34-33-,37-36-. The molecule has 77 heavy (non-hydrogen) atoms. The second-order valence-corrected chi connectivity index (χ2v) is 24.5. The third kappa shape index (κ3) is 61.2. The highest BCUT2D eigenvalue weighted by atomic mass is 31.2. The highest BCUT2D eigenvalue weighted by Crippen LogP contribution is 2.38. The van der Waals surface area contributed by atoms with Crippen molar-refractivity contribution in [3.05, 3.63) is 85.1 Å². The van der Waals surface area contributed by atoms with Gasteiger partial charge in [0.1, 0.15) is 13.2 Å². The molecule has 0 spiro atoms. The minimum Gasteiger partial charge on any atom is -0.756 e. The maximum atomic E-state index is 13.0. The molecule has 0 saturated carbocycles. The lowest BCUT2D eigenvalue weighted by molar-refractivity contribution is -0.870. The number of aliphatic hydroxyl groups excluding tert-OH is 1. The van der Waals surface area contributed by atoms with Crippen molar-refractivity contribution in [1.82, 2.24) is 5.32 Å². The van der Waals surface area contributed by atoms with Gasteiger partial charge in [0.05, 0.1) is 39.9 Å². The van der Waals surface area contributed by atoms with Crippen molar-refractivity contribution in [2.75, 3.05) is 40.9 Å². The number of nitrogens with one attached hydrogen (secondary N) is 1. The molecule has 1 amide bonds. The topological polar surface area (TPSA) is 108 Å². The number of rotatable bonds is 59. The summed E-state index contributed by atoms with van der Waals surface area (Å²) < 4.78 is 23.5. The van der Waals surface area contributed by atoms with Gasteiger partial charge in [-0.3, -0.25) is 9.36 Å². The molecule has 448 valence electrons. The molecule has 0 aromatic carbocycles. The summed E-state index contributed by atoms with van der Waals surface area (Å²) in [6.45, 7) is 4.63. The number of aliphatic hydroxyl groups is 1. The Morgan fingerprint density at radius 2 is 0.792 bits per heavy atom. The lowest BCUT2D eigenvalue weighted by Gasteiger charge is -2.30. The maximum Gasteiger partial charge on any atom is 0.268 e. The van der Waals surface area contributed by atoms with Gasteiger partial charge in [-0.1, -0.05) is 298 Å². The van der Waals surface area contributed by atoms with Crippen LogP contribution in [0.15, 0.2) is 85.1 Å². The molecule has 0 bridgehead atoms. The normalized spacial score (nSPS) is 14.3. The molecule has 0 fully saturated rings. The Hall–Kier alpha value is -2.32. The van der Waals surface area contributed by atoms with Gasteiger partial charge in [-0.05, 0) is 70.6 Å². The maximum absolute atomic E-state index is 13.0. The van der Waals surface area contributed by atoms with Gasteiger partial charge in [0.15, 0.2) is 0 Å². The molecule has 0 heterocycles. The number of phosphoric ester groups is 1. The number of likely N-dealkylation sites (N-methyl/N-ethyl adjacent to an activating group) is 1. The Morgan fingerprint density at radius 3 is 1.16 bits per heavy atom. The van der Waals surface area contributed by atoms with Crippen LogP contribution in [-0.2, 0) is 18.4 Å². The molecule has 0 aliphatic rings. The summed E-state index contributed by atoms with van der Waals surface area (Å²) in [5, 5.41) is 14.1. The van der Waals surface area contributed by atoms with E-state index in [1.807, 2.05) is 21.1 Å². The van der Waals surface area contributed by atoms with Crippen molar-refractivity contribution >= 4 is 13.7 Å². The second-order valence-electron chi connectivity index (χ2n) is 23.1. The average molecular weight is 1100 g/mol. The first-order chi connectivity index (χ1) is 37.5. The number of unbranched alkanes of at least 4 members (excludes halogenated alkanes) is 32. The van der Waals surface area contributed by atoms with Crippen LogP contribution in [0.2, 0.25) is 0 Å². The lowest BCUT2D eigenvalue weighted by atomic mass is 10.0. The summed E-state index contributed by atoms with van der Waals surface area (Å²) in [6.07, 6.45) is 82.0. The van der Waals surface area contributed by atoms with Gasteiger partial charge < -0.3 is 28.8 Å². The monoisotopic (exact) mass is 1100 g/mol. The number of nitrogens with zero attached hydrogens (tertiary/aromatic N) is 1. The number of hydrogen-bond donors (Lipinski definition) is 2. The van der Waals surface area contributed by atoms with Crippen molar-refractivity contribution in [3.8, 4) is 0 Å². The Balaban J connectivity index is 4.07. The van der Waals surface area contributed by atoms with Crippen molar-refractivity contribution < 1.29 is 32.9 Å². The third-order valence-electron chi connectivity index (χ3n) is 14.4. The largest absolute Gasteiger partial charge is 0.756 e. The van der Waals surface area contributed by atoms with E-state index in [9.17, 15) is 19.4 Å². The number of carbonyl (C=O) groups is 1. The molecule has 0 radical (unpaired) electrons. The SMILES string of the molecule is CC/C=C\C/C=C\C/C=C\C/C=C\C/C=C\C/C=C\C/C=C\CCCCCCCCCCCCCCCC(=O)NC(COP(=O)([O-])OCC[N+](C)(C)C)C(O)CCCCCCCCCCCCCCCCCCCCCC. The Morgan fingerprint density at radius 1 is 0.468 bits per heavy atom. The molecule has 3 atom stereocenters. The minimum atomic E-state index is -4.58. The van der Waals surface area contributed by atoms with Crippen molar-refractivity contribution in [2.24, 2.45) is 0 Å². The van der Waals surface area contributed by atoms with Crippen LogP contribution in [-0.4, -0.2) is 68.5 Å². The predicted octanol–water partition coefficient (Wildman–Crippen LogP) is 19.7. The molecule has 3 unspecified atom stereocenters. The number of carbonyl (C=O) groups excluding carboxylic acids is 1. The fourth-order valence-corrected chi connectivity index (χ4v) is 10.1. The van der Waals surface area contributed by atoms with E-state index in [0.29, 0.717) is 23.9 Å². The van der Waals surface area contributed by atoms with Crippen molar-refractivity contribution in [3.63, 3.8) is 0 Å². The van der Waals surface area contributed by atoms with Gasteiger partial charge in [0.2, 0.25) is 5.91 Å². The minimum absolute atomic E-state index is 0.00997. The van der Waals surface area contributed by atoms with Crippen LogP contribution >= 0.6 is 7.82 Å². The summed E-state index contributed by atoms with van der Waals surface area (Å²) in [6, 6.07) is -0.806. The third-order valence-corrected chi connectivity index (χ3v) is 15.4. The molecule has 0 aliphatic carbocycles. The summed E-state index contributed by atoms with van der Waals surface area (Å²) in [4.78, 5) is 25.6. The zero-order valence-electron chi connectivity index (χ0n) is 51.1. The van der Waals surface area contributed by atoms with E-state index in [-0.39, 0.29) is 19.1 Å². The fraction of sp³-hybridized carbons (Fsp3) is 0.779. The molecular formula is C68H125N2O6P. The zero-order chi connectivity index (χ0) is 56.3. The van der Waals surface area contributed by atoms with E-state index in [1.54, 1.807) is 0 Å². The van der Waals surface area contributed by atoms with Crippen LogP contribution in [0.5, 0.6) is 0 Å². The molecule has 0 rings (SSSR count). The van der Waals surface area contributed by atoms with Crippen LogP contribution in [0.1, 0.15) is 290 Å². The fourth-order valence-electron chi connectivity index (χ4n) is 9.38. The highest BCUT2D eigenvalue weighted by molar-refractivity contribution is 7.45.